The van der Waals surface area contributed by atoms with Gasteiger partial charge in [0.2, 0.25) is 10.4 Å². The molecule has 0 aromatic heterocycles. The van der Waals surface area contributed by atoms with E-state index < -0.39 is 106 Å². The topological polar surface area (TPSA) is 304 Å². The minimum Gasteiger partial charge on any atom is -0.735 e. The number of carboxylic acid groups (broad SMARTS) is 1. The van der Waals surface area contributed by atoms with E-state index in [0.717, 1.165) is 0 Å². The third-order valence-electron chi connectivity index (χ3n) is 5.47. The molecule has 4 unspecified atom stereocenters. The molecule has 2 fully saturated rings. The average molecular weight is 656 g/mol. The first-order valence-electron chi connectivity index (χ1n) is 12.1. The van der Waals surface area contributed by atoms with Crippen molar-refractivity contribution in [2.45, 2.75) is 114 Å². The summed E-state index contributed by atoms with van der Waals surface area (Å²) in [7, 11) is -11.0. The number of aliphatic hydroxyl groups excluding tert-OH is 2. The Morgan fingerprint density at radius 3 is 1.90 bits per heavy atom. The molecule has 3 N–H and O–H groups in total. The van der Waals surface area contributed by atoms with Gasteiger partial charge in [-0.3, -0.25) is 9.22 Å². The summed E-state index contributed by atoms with van der Waals surface area (Å²) >= 11 is 0. The Hall–Kier alpha value is -1.19. The van der Waals surface area contributed by atoms with Crippen LogP contribution in [0.1, 0.15) is 41.5 Å². The van der Waals surface area contributed by atoms with Crippen molar-refractivity contribution in [3.63, 3.8) is 0 Å². The second-order valence-corrected chi connectivity index (χ2v) is 13.4. The third-order valence-corrected chi connectivity index (χ3v) is 6.49. The second kappa shape index (κ2) is 13.8. The van der Waals surface area contributed by atoms with Gasteiger partial charge in [-0.25, -0.2) is 26.4 Å². The van der Waals surface area contributed by atoms with E-state index in [4.69, 9.17) is 23.7 Å². The standard InChI is InChI=1S/C20H37NO19S2/c1-19(2,3)37-13-11(23)14(39-42(30,31)32)18(36-15(13)16(24)25)35-12-8(7-33-40-26)34-17(38-20(4,5)6)9(10(12)22)21-41(27,28)29/h8-15,17-18,21-23,26H,7H2,1-6H3,(H,24,25)(H,27,28,29)(H,30,31,32)/p-4/t8?,9?,10-,11+,12+,13-,14?,15?,17+,18+/m0/s1. The van der Waals surface area contributed by atoms with Crippen LogP contribution < -0.4 is 15.1 Å². The quantitative estimate of drug-likeness (QED) is 0.0765. The molecule has 22 heteroatoms. The van der Waals surface area contributed by atoms with Gasteiger partial charge in [-0.1, -0.05) is 0 Å². The first kappa shape index (κ1) is 37.0. The van der Waals surface area contributed by atoms with Crippen LogP contribution in [0.4, 0.5) is 0 Å². The lowest BCUT2D eigenvalue weighted by molar-refractivity contribution is -0.801. The minimum atomic E-state index is -5.66. The van der Waals surface area contributed by atoms with Crippen molar-refractivity contribution < 1.29 is 89.1 Å². The highest BCUT2D eigenvalue weighted by Crippen LogP contribution is 2.34. The molecule has 2 rings (SSSR count). The number of rotatable bonds is 12. The Balaban J connectivity index is 2.56. The zero-order valence-electron chi connectivity index (χ0n) is 23.1. The Morgan fingerprint density at radius 2 is 1.45 bits per heavy atom. The molecule has 248 valence electrons. The van der Waals surface area contributed by atoms with Crippen LogP contribution in [0.25, 0.3) is 0 Å². The summed E-state index contributed by atoms with van der Waals surface area (Å²) in [5, 5.41) is 47.7. The zero-order chi connectivity index (χ0) is 32.4. The fourth-order valence-electron chi connectivity index (χ4n) is 4.12. The Bertz CT molecular complexity index is 1120. The zero-order valence-corrected chi connectivity index (χ0v) is 24.8. The smallest absolute Gasteiger partial charge is 0.218 e. The van der Waals surface area contributed by atoms with Crippen LogP contribution >= 0.6 is 0 Å². The summed E-state index contributed by atoms with van der Waals surface area (Å²) < 4.78 is 102. The number of nitrogens with one attached hydrogen (secondary N) is 1. The molecule has 0 spiro atoms. The molecule has 0 aromatic carbocycles. The molecule has 0 amide bonds. The van der Waals surface area contributed by atoms with Gasteiger partial charge in [0.1, 0.15) is 49.3 Å². The van der Waals surface area contributed by atoms with Crippen molar-refractivity contribution in [1.82, 2.24) is 4.72 Å². The summed E-state index contributed by atoms with van der Waals surface area (Å²) in [5.74, 6) is -1.99. The second-order valence-electron chi connectivity index (χ2n) is 11.2. The number of carboxylic acids is 1. The molecule has 0 bridgehead atoms. The summed E-state index contributed by atoms with van der Waals surface area (Å²) in [6.45, 7) is 7.94. The van der Waals surface area contributed by atoms with E-state index in [1.54, 1.807) is 4.72 Å². The van der Waals surface area contributed by atoms with Crippen LogP contribution in [0.3, 0.4) is 0 Å². The van der Waals surface area contributed by atoms with E-state index in [0.29, 0.717) is 0 Å². The summed E-state index contributed by atoms with van der Waals surface area (Å²) in [4.78, 5) is 16.2. The molecule has 2 saturated heterocycles. The van der Waals surface area contributed by atoms with Crippen molar-refractivity contribution in [3.05, 3.63) is 0 Å². The molecular weight excluding hydrogens is 622 g/mol. The van der Waals surface area contributed by atoms with Gasteiger partial charge >= 0.3 is 0 Å². The molecule has 42 heavy (non-hydrogen) atoms. The van der Waals surface area contributed by atoms with E-state index in [1.165, 1.54) is 41.5 Å². The Labute approximate surface area is 241 Å². The summed E-state index contributed by atoms with van der Waals surface area (Å²) in [5.41, 5.74) is -2.26. The minimum absolute atomic E-state index is 0.896. The van der Waals surface area contributed by atoms with Gasteiger partial charge in [0.05, 0.1) is 17.2 Å². The largest absolute Gasteiger partial charge is 0.735 e. The normalized spacial score (nSPS) is 35.2. The van der Waals surface area contributed by atoms with E-state index in [-0.39, 0.29) is 0 Å². The summed E-state index contributed by atoms with van der Waals surface area (Å²) in [6, 6.07) is -1.95. The molecule has 2 aliphatic heterocycles. The molecule has 0 saturated carbocycles. The van der Waals surface area contributed by atoms with E-state index in [2.05, 4.69) is 14.1 Å². The van der Waals surface area contributed by atoms with E-state index in [9.17, 15) is 51.3 Å². The Kier molecular flexibility index (Phi) is 12.2. The highest BCUT2D eigenvalue weighted by molar-refractivity contribution is 7.83. The number of aliphatic carboxylic acids is 1. The predicted octanol–water partition coefficient (Wildman–Crippen LogP) is -5.22. The van der Waals surface area contributed by atoms with Crippen molar-refractivity contribution in [1.29, 1.82) is 0 Å². The summed E-state index contributed by atoms with van der Waals surface area (Å²) in [6.07, 6.45) is -18.7. The first-order valence-corrected chi connectivity index (χ1v) is 14.8. The number of hydrogen-bond donors (Lipinski definition) is 3. The number of ether oxygens (including phenoxy) is 5. The molecular formula is C20H33NO19S2-4. The highest BCUT2D eigenvalue weighted by atomic mass is 32.3. The number of aliphatic hydroxyl groups is 2. The van der Waals surface area contributed by atoms with Crippen molar-refractivity contribution in [3.8, 4) is 0 Å². The van der Waals surface area contributed by atoms with Crippen LogP contribution in [0.5, 0.6) is 0 Å². The maximum absolute atomic E-state index is 11.9. The van der Waals surface area contributed by atoms with Crippen LogP contribution in [0.15, 0.2) is 0 Å². The lowest BCUT2D eigenvalue weighted by Gasteiger charge is -2.50. The van der Waals surface area contributed by atoms with Crippen LogP contribution in [0.2, 0.25) is 0 Å². The molecule has 0 aromatic rings. The van der Waals surface area contributed by atoms with Crippen LogP contribution in [-0.2, 0) is 63.3 Å². The first-order chi connectivity index (χ1) is 18.9. The van der Waals surface area contributed by atoms with Gasteiger partial charge in [-0.15, -0.1) is 0 Å². The molecule has 2 heterocycles. The van der Waals surface area contributed by atoms with Gasteiger partial charge in [0.25, 0.3) is 0 Å². The lowest BCUT2D eigenvalue weighted by atomic mass is 9.95. The highest BCUT2D eigenvalue weighted by Gasteiger charge is 2.54. The molecule has 2 aliphatic rings. The van der Waals surface area contributed by atoms with Gasteiger partial charge in [0.15, 0.2) is 29.0 Å². The number of hydrogen-bond acceptors (Lipinski definition) is 19. The monoisotopic (exact) mass is 655 g/mol. The maximum Gasteiger partial charge on any atom is 0.218 e. The van der Waals surface area contributed by atoms with E-state index in [1.807, 2.05) is 0 Å². The predicted molar refractivity (Wildman–Crippen MR) is 123 cm³/mol. The van der Waals surface area contributed by atoms with Crippen LogP contribution in [0, 0.1) is 0 Å². The fraction of sp³-hybridized carbons (Fsp3) is 0.950. The fourth-order valence-corrected chi connectivity index (χ4v) is 5.18. The van der Waals surface area contributed by atoms with Crippen molar-refractivity contribution in [2.75, 3.05) is 6.61 Å². The Morgan fingerprint density at radius 1 is 0.881 bits per heavy atom. The van der Waals surface area contributed by atoms with Gasteiger partial charge in [0, 0.05) is 0 Å². The lowest BCUT2D eigenvalue weighted by Crippen LogP contribution is -2.69. The van der Waals surface area contributed by atoms with Crippen molar-refractivity contribution >= 4 is 26.7 Å². The third kappa shape index (κ3) is 11.1. The van der Waals surface area contributed by atoms with E-state index >= 15 is 0 Å². The molecule has 10 atom stereocenters. The van der Waals surface area contributed by atoms with Gasteiger partial charge < -0.3 is 58.2 Å². The molecule has 0 radical (unpaired) electrons. The SMILES string of the molecule is CC(C)(C)O[C@H]1OC(COO[O-])[C@@H](O[C@@H]2OC(C(=O)[O-])[C@@H](OC(C)(C)C)[C@@H](O)C2OS(=O)(=O)[O-])[C@@H](O)C1NS(=O)(=O)[O-]. The van der Waals surface area contributed by atoms with Crippen molar-refractivity contribution in [2.24, 2.45) is 0 Å². The van der Waals surface area contributed by atoms with Gasteiger partial charge in [-0.05, 0) is 41.5 Å². The molecule has 0 aliphatic carbocycles. The number of carbonyl (C=O) groups is 1. The van der Waals surface area contributed by atoms with Gasteiger partial charge in [-0.2, -0.15) is 0 Å². The van der Waals surface area contributed by atoms with Crippen LogP contribution in [-0.4, -0.2) is 121 Å². The number of carbonyl (C=O) groups excluding carboxylic acids is 1. The maximum atomic E-state index is 11.9. The average Bonchev–Trinajstić information content (AvgIpc) is 2.77. The molecule has 20 nitrogen and oxygen atoms in total.